The Labute approximate surface area is 99.3 Å². The van der Waals surface area contributed by atoms with Crippen molar-refractivity contribution in [3.63, 3.8) is 0 Å². The highest BCUT2D eigenvalue weighted by Gasteiger charge is 2.45. The van der Waals surface area contributed by atoms with Gasteiger partial charge in [0.1, 0.15) is 5.82 Å². The van der Waals surface area contributed by atoms with Crippen molar-refractivity contribution in [3.8, 4) is 0 Å². The fraction of sp³-hybridized carbons (Fsp3) is 0.462. The molecule has 0 amide bonds. The van der Waals surface area contributed by atoms with Gasteiger partial charge in [0, 0.05) is 11.6 Å². The normalized spacial score (nSPS) is 33.2. The lowest BCUT2D eigenvalue weighted by Crippen LogP contribution is -2.35. The lowest BCUT2D eigenvalue weighted by molar-refractivity contribution is 0.312. The monoisotopic (exact) mass is 234 g/mol. The maximum absolute atomic E-state index is 12.8. The van der Waals surface area contributed by atoms with E-state index in [9.17, 15) is 4.39 Å². The van der Waals surface area contributed by atoms with Gasteiger partial charge >= 0.3 is 0 Å². The third-order valence-corrected chi connectivity index (χ3v) is 3.96. The Morgan fingerprint density at radius 1 is 1.24 bits per heavy atom. The lowest BCUT2D eigenvalue weighted by atomic mass is 9.93. The first kappa shape index (κ1) is 10.6. The number of nitrogens with zero attached hydrogens (tertiary/aromatic N) is 1. The number of hydrogen-bond donors (Lipinski definition) is 2. The molecular formula is C13H15FN2O. The number of anilines is 1. The van der Waals surface area contributed by atoms with Crippen LogP contribution in [0.1, 0.15) is 19.3 Å². The number of benzene rings is 1. The van der Waals surface area contributed by atoms with Crippen molar-refractivity contribution in [2.75, 3.05) is 5.32 Å². The molecule has 90 valence electrons. The molecule has 0 heterocycles. The average Bonchev–Trinajstić information content (AvgIpc) is 2.92. The van der Waals surface area contributed by atoms with Gasteiger partial charge in [-0.2, -0.15) is 0 Å². The molecule has 3 nitrogen and oxygen atoms in total. The van der Waals surface area contributed by atoms with E-state index in [0.717, 1.165) is 24.2 Å². The minimum atomic E-state index is -0.237. The summed E-state index contributed by atoms with van der Waals surface area (Å²) in [5.74, 6) is 0.749. The van der Waals surface area contributed by atoms with Crippen LogP contribution in [0.2, 0.25) is 0 Å². The molecule has 3 rings (SSSR count). The summed E-state index contributed by atoms with van der Waals surface area (Å²) in [6.45, 7) is 0. The van der Waals surface area contributed by atoms with Crippen molar-refractivity contribution >= 4 is 11.4 Å². The van der Waals surface area contributed by atoms with E-state index in [1.807, 2.05) is 0 Å². The van der Waals surface area contributed by atoms with Gasteiger partial charge in [0.25, 0.3) is 0 Å². The highest BCUT2D eigenvalue weighted by molar-refractivity contribution is 5.96. The van der Waals surface area contributed by atoms with Crippen LogP contribution in [0, 0.1) is 17.7 Å². The fourth-order valence-corrected chi connectivity index (χ4v) is 3.14. The number of halogens is 1. The van der Waals surface area contributed by atoms with E-state index in [-0.39, 0.29) is 11.9 Å². The van der Waals surface area contributed by atoms with Crippen molar-refractivity contribution < 1.29 is 9.60 Å². The van der Waals surface area contributed by atoms with Gasteiger partial charge in [-0.25, -0.2) is 4.39 Å². The maximum atomic E-state index is 12.8. The topological polar surface area (TPSA) is 44.6 Å². The second kappa shape index (κ2) is 4.02. The number of rotatable bonds is 2. The largest absolute Gasteiger partial charge is 0.411 e. The second-order valence-electron chi connectivity index (χ2n) is 4.92. The molecule has 2 aliphatic carbocycles. The third-order valence-electron chi connectivity index (χ3n) is 3.96. The molecule has 3 atom stereocenters. The van der Waals surface area contributed by atoms with E-state index >= 15 is 0 Å². The van der Waals surface area contributed by atoms with Crippen LogP contribution in [-0.2, 0) is 0 Å². The van der Waals surface area contributed by atoms with Crippen molar-refractivity contribution in [2.24, 2.45) is 17.0 Å². The van der Waals surface area contributed by atoms with E-state index in [0.29, 0.717) is 11.8 Å². The molecule has 1 aromatic rings. The summed E-state index contributed by atoms with van der Waals surface area (Å²) in [4.78, 5) is 0. The van der Waals surface area contributed by atoms with Gasteiger partial charge in [-0.05, 0) is 49.4 Å². The van der Waals surface area contributed by atoms with Crippen LogP contribution in [-0.4, -0.2) is 17.0 Å². The lowest BCUT2D eigenvalue weighted by Gasteiger charge is -2.24. The molecule has 2 saturated carbocycles. The zero-order valence-corrected chi connectivity index (χ0v) is 9.44. The molecule has 0 spiro atoms. The van der Waals surface area contributed by atoms with Crippen molar-refractivity contribution in [1.82, 2.24) is 0 Å². The van der Waals surface area contributed by atoms with Gasteiger partial charge in [0.05, 0.1) is 11.8 Å². The molecule has 0 saturated heterocycles. The first-order valence-corrected chi connectivity index (χ1v) is 6.02. The van der Waals surface area contributed by atoms with Crippen molar-refractivity contribution in [3.05, 3.63) is 30.1 Å². The SMILES string of the molecule is O/N=C1/C2CCC(C2)C1Nc1ccc(F)cc1. The third kappa shape index (κ3) is 1.77. The van der Waals surface area contributed by atoms with E-state index < -0.39 is 0 Å². The van der Waals surface area contributed by atoms with Gasteiger partial charge in [-0.3, -0.25) is 0 Å². The van der Waals surface area contributed by atoms with E-state index in [1.54, 1.807) is 12.1 Å². The molecule has 4 heteroatoms. The van der Waals surface area contributed by atoms with Crippen LogP contribution in [0.15, 0.2) is 29.4 Å². The van der Waals surface area contributed by atoms with E-state index in [1.165, 1.54) is 18.6 Å². The molecule has 2 aliphatic rings. The molecule has 2 N–H and O–H groups in total. The summed E-state index contributed by atoms with van der Waals surface area (Å²) in [5.41, 5.74) is 1.75. The summed E-state index contributed by atoms with van der Waals surface area (Å²) >= 11 is 0. The van der Waals surface area contributed by atoms with Gasteiger partial charge in [0.2, 0.25) is 0 Å². The first-order valence-electron chi connectivity index (χ1n) is 6.02. The molecule has 2 bridgehead atoms. The van der Waals surface area contributed by atoms with Crippen LogP contribution in [0.3, 0.4) is 0 Å². The Bertz CT molecular complexity index is 443. The highest BCUT2D eigenvalue weighted by Crippen LogP contribution is 2.43. The van der Waals surface area contributed by atoms with Crippen LogP contribution in [0.25, 0.3) is 0 Å². The zero-order chi connectivity index (χ0) is 11.8. The molecular weight excluding hydrogens is 219 g/mol. The Morgan fingerprint density at radius 2 is 2.00 bits per heavy atom. The molecule has 0 aliphatic heterocycles. The number of hydrogen-bond acceptors (Lipinski definition) is 3. The zero-order valence-electron chi connectivity index (χ0n) is 9.44. The van der Waals surface area contributed by atoms with Crippen LogP contribution >= 0.6 is 0 Å². The van der Waals surface area contributed by atoms with Crippen LogP contribution in [0.5, 0.6) is 0 Å². The number of oxime groups is 1. The molecule has 0 radical (unpaired) electrons. The van der Waals surface area contributed by atoms with E-state index in [2.05, 4.69) is 10.5 Å². The Kier molecular flexibility index (Phi) is 2.50. The minimum absolute atomic E-state index is 0.115. The molecule has 3 unspecified atom stereocenters. The quantitative estimate of drug-likeness (QED) is 0.610. The van der Waals surface area contributed by atoms with Crippen molar-refractivity contribution in [2.45, 2.75) is 25.3 Å². The predicted molar refractivity (Wildman–Crippen MR) is 63.9 cm³/mol. The Hall–Kier alpha value is -1.58. The van der Waals surface area contributed by atoms with Gasteiger partial charge in [-0.1, -0.05) is 5.16 Å². The molecule has 2 fully saturated rings. The summed E-state index contributed by atoms with van der Waals surface area (Å²) in [7, 11) is 0. The van der Waals surface area contributed by atoms with Gasteiger partial charge < -0.3 is 10.5 Å². The van der Waals surface area contributed by atoms with Crippen molar-refractivity contribution in [1.29, 1.82) is 0 Å². The number of nitrogens with one attached hydrogen (secondary N) is 1. The van der Waals surface area contributed by atoms with E-state index in [4.69, 9.17) is 5.21 Å². The molecule has 17 heavy (non-hydrogen) atoms. The van der Waals surface area contributed by atoms with Gasteiger partial charge in [0.15, 0.2) is 0 Å². The standard InChI is InChI=1S/C13H15FN2O/c14-10-3-5-11(6-4-10)15-12-8-1-2-9(7-8)13(12)16-17/h3-6,8-9,12,15,17H,1-2,7H2/b16-13-. The molecule has 0 aromatic heterocycles. The highest BCUT2D eigenvalue weighted by atomic mass is 19.1. The maximum Gasteiger partial charge on any atom is 0.123 e. The second-order valence-corrected chi connectivity index (χ2v) is 4.92. The summed E-state index contributed by atoms with van der Waals surface area (Å²) in [6, 6.07) is 6.42. The predicted octanol–water partition coefficient (Wildman–Crippen LogP) is 2.87. The average molecular weight is 234 g/mol. The minimum Gasteiger partial charge on any atom is -0.411 e. The first-order chi connectivity index (χ1) is 8.28. The Morgan fingerprint density at radius 3 is 2.71 bits per heavy atom. The fourth-order valence-electron chi connectivity index (χ4n) is 3.14. The van der Waals surface area contributed by atoms with Crippen LogP contribution < -0.4 is 5.32 Å². The smallest absolute Gasteiger partial charge is 0.123 e. The van der Waals surface area contributed by atoms with Gasteiger partial charge in [-0.15, -0.1) is 0 Å². The Balaban J connectivity index is 1.79. The summed E-state index contributed by atoms with van der Waals surface area (Å²) in [5, 5.41) is 15.9. The summed E-state index contributed by atoms with van der Waals surface area (Å²) < 4.78 is 12.8. The number of fused-ring (bicyclic) bond motifs is 2. The summed E-state index contributed by atoms with van der Waals surface area (Å²) in [6.07, 6.45) is 3.42. The molecule has 1 aromatic carbocycles. The van der Waals surface area contributed by atoms with Crippen LogP contribution in [0.4, 0.5) is 10.1 Å².